The number of nitrogens with two attached hydrogens (primary N) is 1. The summed E-state index contributed by atoms with van der Waals surface area (Å²) >= 11 is 1.50. The lowest BCUT2D eigenvalue weighted by atomic mass is 10.1. The minimum absolute atomic E-state index is 0.00676. The molecular weight excluding hydrogens is 322 g/mol. The Balaban J connectivity index is 1.67. The van der Waals surface area contributed by atoms with Gasteiger partial charge < -0.3 is 15.4 Å². The van der Waals surface area contributed by atoms with Crippen molar-refractivity contribution >= 4 is 17.2 Å². The second kappa shape index (κ2) is 7.77. The molecule has 1 aliphatic rings. The number of benzene rings is 1. The first-order chi connectivity index (χ1) is 11.7. The van der Waals surface area contributed by atoms with Crippen molar-refractivity contribution in [3.63, 3.8) is 0 Å². The third kappa shape index (κ3) is 3.94. The molecule has 0 aliphatic carbocycles. The molecule has 6 heteroatoms. The van der Waals surface area contributed by atoms with E-state index in [-0.39, 0.29) is 11.9 Å². The molecule has 1 aromatic heterocycles. The van der Waals surface area contributed by atoms with Crippen LogP contribution in [0.25, 0.3) is 10.6 Å². The Morgan fingerprint density at radius 3 is 2.71 bits per heavy atom. The Kier molecular flexibility index (Phi) is 5.48. The predicted octanol–water partition coefficient (Wildman–Crippen LogP) is 3.16. The molecule has 2 aromatic rings. The number of carbonyl (C=O) groups excluding carboxylic acids is 1. The summed E-state index contributed by atoms with van der Waals surface area (Å²) in [5.74, 6) is 0.866. The minimum Gasteiger partial charge on any atom is -0.494 e. The number of ether oxygens (including phenoxy) is 1. The zero-order valence-electron chi connectivity index (χ0n) is 13.9. The molecule has 0 saturated carbocycles. The van der Waals surface area contributed by atoms with Crippen molar-refractivity contribution in [1.29, 1.82) is 0 Å². The van der Waals surface area contributed by atoms with Crippen LogP contribution < -0.4 is 10.5 Å². The van der Waals surface area contributed by atoms with Crippen LogP contribution in [0.2, 0.25) is 0 Å². The van der Waals surface area contributed by atoms with Gasteiger partial charge in [-0.1, -0.05) is 6.92 Å². The standard InChI is InChI=1S/C18H23N3O2S/c1-2-11-23-15-5-3-13(4-6-15)17-20-16(12-24-17)18(22)21-9-7-14(19)8-10-21/h3-6,12,14H,2,7-11,19H2,1H3. The van der Waals surface area contributed by atoms with Crippen LogP contribution in [0.3, 0.4) is 0 Å². The maximum atomic E-state index is 12.5. The Morgan fingerprint density at radius 1 is 1.33 bits per heavy atom. The Labute approximate surface area is 146 Å². The van der Waals surface area contributed by atoms with E-state index < -0.39 is 0 Å². The molecule has 24 heavy (non-hydrogen) atoms. The Morgan fingerprint density at radius 2 is 2.04 bits per heavy atom. The van der Waals surface area contributed by atoms with E-state index in [0.717, 1.165) is 55.3 Å². The number of rotatable bonds is 5. The van der Waals surface area contributed by atoms with E-state index in [1.165, 1.54) is 11.3 Å². The lowest BCUT2D eigenvalue weighted by molar-refractivity contribution is 0.0709. The van der Waals surface area contributed by atoms with Crippen LogP contribution in [0.1, 0.15) is 36.7 Å². The Bertz CT molecular complexity index is 676. The van der Waals surface area contributed by atoms with E-state index in [4.69, 9.17) is 10.5 Å². The smallest absolute Gasteiger partial charge is 0.273 e. The van der Waals surface area contributed by atoms with Gasteiger partial charge >= 0.3 is 0 Å². The summed E-state index contributed by atoms with van der Waals surface area (Å²) in [5.41, 5.74) is 7.42. The summed E-state index contributed by atoms with van der Waals surface area (Å²) in [6.07, 6.45) is 2.71. The number of hydrogen-bond acceptors (Lipinski definition) is 5. The van der Waals surface area contributed by atoms with Gasteiger partial charge in [-0.05, 0) is 43.5 Å². The third-order valence-electron chi connectivity index (χ3n) is 4.12. The summed E-state index contributed by atoms with van der Waals surface area (Å²) in [4.78, 5) is 18.9. The van der Waals surface area contributed by atoms with Crippen molar-refractivity contribution in [2.24, 2.45) is 5.73 Å². The fourth-order valence-corrected chi connectivity index (χ4v) is 3.48. The highest BCUT2D eigenvalue weighted by molar-refractivity contribution is 7.13. The van der Waals surface area contributed by atoms with Crippen LogP contribution in [-0.4, -0.2) is 41.5 Å². The van der Waals surface area contributed by atoms with Crippen LogP contribution in [0.4, 0.5) is 0 Å². The normalized spacial score (nSPS) is 15.5. The maximum Gasteiger partial charge on any atom is 0.273 e. The van der Waals surface area contributed by atoms with Crippen molar-refractivity contribution in [3.8, 4) is 16.3 Å². The maximum absolute atomic E-state index is 12.5. The van der Waals surface area contributed by atoms with E-state index in [2.05, 4.69) is 11.9 Å². The largest absolute Gasteiger partial charge is 0.494 e. The van der Waals surface area contributed by atoms with Crippen LogP contribution >= 0.6 is 11.3 Å². The van der Waals surface area contributed by atoms with Gasteiger partial charge in [-0.2, -0.15) is 0 Å². The summed E-state index contributed by atoms with van der Waals surface area (Å²) in [6, 6.07) is 8.07. The molecule has 1 aliphatic heterocycles. The quantitative estimate of drug-likeness (QED) is 0.904. The highest BCUT2D eigenvalue weighted by Crippen LogP contribution is 2.26. The summed E-state index contributed by atoms with van der Waals surface area (Å²) < 4.78 is 5.59. The molecule has 1 fully saturated rings. The molecule has 2 heterocycles. The first-order valence-corrected chi connectivity index (χ1v) is 9.29. The van der Waals surface area contributed by atoms with E-state index >= 15 is 0 Å². The van der Waals surface area contributed by atoms with E-state index in [1.807, 2.05) is 34.5 Å². The third-order valence-corrected chi connectivity index (χ3v) is 5.02. The fourth-order valence-electron chi connectivity index (χ4n) is 2.68. The van der Waals surface area contributed by atoms with Crippen molar-refractivity contribution in [2.45, 2.75) is 32.2 Å². The first kappa shape index (κ1) is 16.9. The second-order valence-corrected chi connectivity index (χ2v) is 6.90. The number of piperidine rings is 1. The van der Waals surface area contributed by atoms with Gasteiger partial charge in [-0.15, -0.1) is 11.3 Å². The molecular formula is C18H23N3O2S. The van der Waals surface area contributed by atoms with Gasteiger partial charge in [-0.25, -0.2) is 4.98 Å². The zero-order valence-corrected chi connectivity index (χ0v) is 14.7. The van der Waals surface area contributed by atoms with Gasteiger partial charge in [0.05, 0.1) is 6.61 Å². The van der Waals surface area contributed by atoms with Crippen molar-refractivity contribution < 1.29 is 9.53 Å². The number of aromatic nitrogens is 1. The molecule has 1 saturated heterocycles. The molecule has 0 unspecified atom stereocenters. The molecule has 0 bridgehead atoms. The van der Waals surface area contributed by atoms with Gasteiger partial charge in [0.25, 0.3) is 5.91 Å². The fraction of sp³-hybridized carbons (Fsp3) is 0.444. The highest BCUT2D eigenvalue weighted by atomic mass is 32.1. The highest BCUT2D eigenvalue weighted by Gasteiger charge is 2.23. The number of carbonyl (C=O) groups is 1. The molecule has 5 nitrogen and oxygen atoms in total. The second-order valence-electron chi connectivity index (χ2n) is 6.04. The molecule has 1 aromatic carbocycles. The zero-order chi connectivity index (χ0) is 16.9. The van der Waals surface area contributed by atoms with Crippen molar-refractivity contribution in [2.75, 3.05) is 19.7 Å². The monoisotopic (exact) mass is 345 g/mol. The molecule has 128 valence electrons. The summed E-state index contributed by atoms with van der Waals surface area (Å²) in [6.45, 7) is 4.24. The van der Waals surface area contributed by atoms with E-state index in [1.54, 1.807) is 0 Å². The summed E-state index contributed by atoms with van der Waals surface area (Å²) in [7, 11) is 0. The van der Waals surface area contributed by atoms with Crippen molar-refractivity contribution in [1.82, 2.24) is 9.88 Å². The average Bonchev–Trinajstić information content (AvgIpc) is 3.10. The SMILES string of the molecule is CCCOc1ccc(-c2nc(C(=O)N3CCC(N)CC3)cs2)cc1. The molecule has 1 amide bonds. The van der Waals surface area contributed by atoms with Crippen LogP contribution in [0.15, 0.2) is 29.6 Å². The van der Waals surface area contributed by atoms with Gasteiger partial charge in [0.15, 0.2) is 0 Å². The van der Waals surface area contributed by atoms with E-state index in [0.29, 0.717) is 5.69 Å². The van der Waals surface area contributed by atoms with Gasteiger partial charge in [0, 0.05) is 30.1 Å². The lowest BCUT2D eigenvalue weighted by Crippen LogP contribution is -2.42. The number of nitrogens with zero attached hydrogens (tertiary/aromatic N) is 2. The molecule has 2 N–H and O–H groups in total. The Hall–Kier alpha value is -1.92. The molecule has 0 spiro atoms. The summed E-state index contributed by atoms with van der Waals surface area (Å²) in [5, 5.41) is 2.70. The molecule has 3 rings (SSSR count). The number of hydrogen-bond donors (Lipinski definition) is 1. The predicted molar refractivity (Wildman–Crippen MR) is 96.4 cm³/mol. The number of amides is 1. The van der Waals surface area contributed by atoms with Crippen LogP contribution in [0.5, 0.6) is 5.75 Å². The van der Waals surface area contributed by atoms with Gasteiger partial charge in [0.2, 0.25) is 0 Å². The number of thiazole rings is 1. The lowest BCUT2D eigenvalue weighted by Gasteiger charge is -2.29. The topological polar surface area (TPSA) is 68.5 Å². The van der Waals surface area contributed by atoms with Gasteiger partial charge in [-0.3, -0.25) is 4.79 Å². The minimum atomic E-state index is 0.00676. The number of likely N-dealkylation sites (tertiary alicyclic amines) is 1. The first-order valence-electron chi connectivity index (χ1n) is 8.41. The average molecular weight is 345 g/mol. The van der Waals surface area contributed by atoms with Crippen molar-refractivity contribution in [3.05, 3.63) is 35.3 Å². The van der Waals surface area contributed by atoms with E-state index in [9.17, 15) is 4.79 Å². The van der Waals surface area contributed by atoms with Gasteiger partial charge in [0.1, 0.15) is 16.5 Å². The molecule has 0 radical (unpaired) electrons. The van der Waals surface area contributed by atoms with Crippen LogP contribution in [0, 0.1) is 0 Å². The van der Waals surface area contributed by atoms with Crippen LogP contribution in [-0.2, 0) is 0 Å². The molecule has 0 atom stereocenters.